The highest BCUT2D eigenvalue weighted by atomic mass is 16.3. The van der Waals surface area contributed by atoms with Gasteiger partial charge in [0.05, 0.1) is 10.9 Å². The standard InChI is InChI=1S/C12H8N4O2/c17-12-8(5-6-11-13-15-16-14-11)7-18-10-4-2-1-3-9(10)12/h1-7H,(H,13,14,15,16). The number of benzene rings is 1. The molecule has 0 atom stereocenters. The van der Waals surface area contributed by atoms with Crippen LogP contribution in [0.25, 0.3) is 23.1 Å². The molecule has 1 aromatic carbocycles. The van der Waals surface area contributed by atoms with Gasteiger partial charge in [-0.3, -0.25) is 4.79 Å². The van der Waals surface area contributed by atoms with Crippen LogP contribution in [0.5, 0.6) is 0 Å². The van der Waals surface area contributed by atoms with Crippen LogP contribution in [-0.2, 0) is 0 Å². The second kappa shape index (κ2) is 4.25. The van der Waals surface area contributed by atoms with Crippen LogP contribution in [0.2, 0.25) is 0 Å². The Morgan fingerprint density at radius 3 is 2.94 bits per heavy atom. The van der Waals surface area contributed by atoms with E-state index in [2.05, 4.69) is 20.6 Å². The maximum Gasteiger partial charge on any atom is 0.199 e. The summed E-state index contributed by atoms with van der Waals surface area (Å²) in [4.78, 5) is 12.1. The smallest absolute Gasteiger partial charge is 0.199 e. The van der Waals surface area contributed by atoms with E-state index >= 15 is 0 Å². The average molecular weight is 240 g/mol. The van der Waals surface area contributed by atoms with Gasteiger partial charge in [0.2, 0.25) is 0 Å². The zero-order valence-electron chi connectivity index (χ0n) is 9.20. The van der Waals surface area contributed by atoms with Crippen molar-refractivity contribution in [1.29, 1.82) is 0 Å². The molecule has 0 aliphatic rings. The maximum atomic E-state index is 12.1. The van der Waals surface area contributed by atoms with Crippen LogP contribution in [-0.4, -0.2) is 20.6 Å². The minimum Gasteiger partial charge on any atom is -0.463 e. The van der Waals surface area contributed by atoms with Crippen LogP contribution >= 0.6 is 0 Å². The minimum absolute atomic E-state index is 0.0865. The highest BCUT2D eigenvalue weighted by Gasteiger charge is 2.03. The van der Waals surface area contributed by atoms with Gasteiger partial charge in [-0.05, 0) is 29.5 Å². The van der Waals surface area contributed by atoms with Crippen molar-refractivity contribution in [3.05, 3.63) is 52.1 Å². The Hall–Kier alpha value is -2.76. The Morgan fingerprint density at radius 2 is 2.11 bits per heavy atom. The van der Waals surface area contributed by atoms with E-state index < -0.39 is 0 Å². The van der Waals surface area contributed by atoms with E-state index in [0.717, 1.165) is 0 Å². The molecule has 6 heteroatoms. The Kier molecular flexibility index (Phi) is 2.45. The summed E-state index contributed by atoms with van der Waals surface area (Å²) >= 11 is 0. The summed E-state index contributed by atoms with van der Waals surface area (Å²) in [7, 11) is 0. The third-order valence-electron chi connectivity index (χ3n) is 2.48. The molecule has 0 aliphatic carbocycles. The summed E-state index contributed by atoms with van der Waals surface area (Å²) in [6, 6.07) is 7.10. The summed E-state index contributed by atoms with van der Waals surface area (Å²) in [6.07, 6.45) is 4.61. The van der Waals surface area contributed by atoms with Gasteiger partial charge in [-0.2, -0.15) is 5.21 Å². The first-order valence-electron chi connectivity index (χ1n) is 5.27. The molecule has 0 saturated heterocycles. The van der Waals surface area contributed by atoms with Gasteiger partial charge >= 0.3 is 0 Å². The van der Waals surface area contributed by atoms with E-state index in [9.17, 15) is 4.79 Å². The topological polar surface area (TPSA) is 84.7 Å². The Morgan fingerprint density at radius 1 is 1.22 bits per heavy atom. The van der Waals surface area contributed by atoms with Gasteiger partial charge in [-0.1, -0.05) is 12.1 Å². The molecule has 1 N–H and O–H groups in total. The molecule has 0 saturated carbocycles. The number of hydrogen-bond acceptors (Lipinski definition) is 5. The Balaban J connectivity index is 2.08. The number of aromatic amines is 1. The fourth-order valence-electron chi connectivity index (χ4n) is 1.61. The number of rotatable bonds is 2. The summed E-state index contributed by atoms with van der Waals surface area (Å²) in [6.45, 7) is 0. The first-order valence-corrected chi connectivity index (χ1v) is 5.27. The summed E-state index contributed by atoms with van der Waals surface area (Å²) in [5, 5.41) is 13.8. The highest BCUT2D eigenvalue weighted by molar-refractivity contribution is 5.79. The lowest BCUT2D eigenvalue weighted by atomic mass is 10.1. The number of para-hydroxylation sites is 1. The zero-order valence-corrected chi connectivity index (χ0v) is 9.20. The van der Waals surface area contributed by atoms with Crippen molar-refractivity contribution >= 4 is 23.1 Å². The third-order valence-corrected chi connectivity index (χ3v) is 2.48. The minimum atomic E-state index is -0.0865. The summed E-state index contributed by atoms with van der Waals surface area (Å²) < 4.78 is 5.38. The SMILES string of the molecule is O=c1c(C=Cc2nn[nH]n2)coc2ccccc12. The maximum absolute atomic E-state index is 12.1. The van der Waals surface area contributed by atoms with E-state index in [4.69, 9.17) is 4.42 Å². The lowest BCUT2D eigenvalue weighted by molar-refractivity contribution is 0.601. The van der Waals surface area contributed by atoms with Crippen molar-refractivity contribution in [1.82, 2.24) is 20.6 Å². The lowest BCUT2D eigenvalue weighted by Crippen LogP contribution is -2.04. The molecule has 0 radical (unpaired) electrons. The van der Waals surface area contributed by atoms with Gasteiger partial charge < -0.3 is 4.42 Å². The quantitative estimate of drug-likeness (QED) is 0.733. The zero-order chi connectivity index (χ0) is 12.4. The van der Waals surface area contributed by atoms with Crippen molar-refractivity contribution in [2.24, 2.45) is 0 Å². The number of aromatic nitrogens is 4. The van der Waals surface area contributed by atoms with Gasteiger partial charge in [-0.15, -0.1) is 10.2 Å². The number of nitrogens with zero attached hydrogens (tertiary/aromatic N) is 3. The molecular formula is C12H8N4O2. The normalized spacial score (nSPS) is 11.3. The van der Waals surface area contributed by atoms with E-state index in [0.29, 0.717) is 22.4 Å². The number of nitrogens with one attached hydrogen (secondary N) is 1. The average Bonchev–Trinajstić information content (AvgIpc) is 2.91. The van der Waals surface area contributed by atoms with Crippen molar-refractivity contribution in [3.63, 3.8) is 0 Å². The highest BCUT2D eigenvalue weighted by Crippen LogP contribution is 2.11. The molecule has 2 aromatic heterocycles. The largest absolute Gasteiger partial charge is 0.463 e. The Bertz CT molecular complexity index is 759. The van der Waals surface area contributed by atoms with Gasteiger partial charge in [0, 0.05) is 0 Å². The van der Waals surface area contributed by atoms with Crippen molar-refractivity contribution in [2.45, 2.75) is 0 Å². The molecule has 0 unspecified atom stereocenters. The summed E-state index contributed by atoms with van der Waals surface area (Å²) in [5.74, 6) is 0.405. The predicted octanol–water partition coefficient (Wildman–Crippen LogP) is 1.48. The monoisotopic (exact) mass is 240 g/mol. The second-order valence-electron chi connectivity index (χ2n) is 3.62. The molecule has 3 aromatic rings. The predicted molar refractivity (Wildman–Crippen MR) is 65.6 cm³/mol. The number of H-pyrrole nitrogens is 1. The number of fused-ring (bicyclic) bond motifs is 1. The lowest BCUT2D eigenvalue weighted by Gasteiger charge is -1.96. The fraction of sp³-hybridized carbons (Fsp3) is 0. The van der Waals surface area contributed by atoms with Gasteiger partial charge in [0.1, 0.15) is 11.8 Å². The molecule has 3 rings (SSSR count). The molecule has 0 bridgehead atoms. The van der Waals surface area contributed by atoms with Crippen molar-refractivity contribution < 1.29 is 4.42 Å². The van der Waals surface area contributed by atoms with Crippen LogP contribution in [0.3, 0.4) is 0 Å². The van der Waals surface area contributed by atoms with E-state index in [1.54, 1.807) is 30.4 Å². The molecule has 18 heavy (non-hydrogen) atoms. The first-order chi connectivity index (χ1) is 8.84. The second-order valence-corrected chi connectivity index (χ2v) is 3.62. The molecule has 0 amide bonds. The van der Waals surface area contributed by atoms with E-state index in [1.165, 1.54) is 6.26 Å². The first kappa shape index (κ1) is 10.4. The van der Waals surface area contributed by atoms with Gasteiger partial charge in [0.25, 0.3) is 0 Å². The number of tetrazole rings is 1. The molecule has 0 fully saturated rings. The molecular weight excluding hydrogens is 232 g/mol. The van der Waals surface area contributed by atoms with Crippen LogP contribution in [0.15, 0.2) is 39.7 Å². The van der Waals surface area contributed by atoms with E-state index in [-0.39, 0.29) is 5.43 Å². The van der Waals surface area contributed by atoms with Gasteiger partial charge in [-0.25, -0.2) is 0 Å². The van der Waals surface area contributed by atoms with Crippen LogP contribution < -0.4 is 5.43 Å². The molecule has 0 spiro atoms. The number of hydrogen-bond donors (Lipinski definition) is 1. The van der Waals surface area contributed by atoms with Crippen LogP contribution in [0, 0.1) is 0 Å². The van der Waals surface area contributed by atoms with Crippen LogP contribution in [0.1, 0.15) is 11.4 Å². The molecule has 6 nitrogen and oxygen atoms in total. The Labute approximate surface area is 101 Å². The summed E-state index contributed by atoms with van der Waals surface area (Å²) in [5.41, 5.74) is 0.925. The third kappa shape index (κ3) is 1.80. The van der Waals surface area contributed by atoms with Crippen molar-refractivity contribution in [2.75, 3.05) is 0 Å². The van der Waals surface area contributed by atoms with Gasteiger partial charge in [0.15, 0.2) is 11.3 Å². The fourth-order valence-corrected chi connectivity index (χ4v) is 1.61. The molecule has 2 heterocycles. The molecule has 88 valence electrons. The van der Waals surface area contributed by atoms with Crippen molar-refractivity contribution in [3.8, 4) is 0 Å². The molecule has 0 aliphatic heterocycles. The van der Waals surface area contributed by atoms with Crippen LogP contribution in [0.4, 0.5) is 0 Å². The van der Waals surface area contributed by atoms with E-state index in [1.807, 2.05) is 6.07 Å².